The molecule has 0 atom stereocenters. The molecule has 0 fully saturated rings. The third kappa shape index (κ3) is 4.08. The van der Waals surface area contributed by atoms with Crippen molar-refractivity contribution in [2.75, 3.05) is 31.2 Å². The van der Waals surface area contributed by atoms with Crippen molar-refractivity contribution in [3.8, 4) is 0 Å². The molecular weight excluding hydrogens is 328 g/mol. The van der Waals surface area contributed by atoms with Gasteiger partial charge in [0.1, 0.15) is 0 Å². The van der Waals surface area contributed by atoms with E-state index >= 15 is 0 Å². The second-order valence-corrected chi connectivity index (χ2v) is 6.52. The first-order valence-corrected chi connectivity index (χ1v) is 8.06. The number of nitrogen functional groups attached to an aromatic ring is 1. The quantitative estimate of drug-likeness (QED) is 0.779. The van der Waals surface area contributed by atoms with Crippen molar-refractivity contribution in [2.24, 2.45) is 0 Å². The molecule has 1 heterocycles. The number of nitrogens with two attached hydrogens (primary N) is 1. The van der Waals surface area contributed by atoms with E-state index in [2.05, 4.69) is 58.1 Å². The molecule has 0 amide bonds. The van der Waals surface area contributed by atoms with E-state index in [4.69, 9.17) is 5.73 Å². The van der Waals surface area contributed by atoms with Gasteiger partial charge in [0.15, 0.2) is 0 Å². The fourth-order valence-corrected chi connectivity index (χ4v) is 2.54. The Morgan fingerprint density at radius 2 is 2.14 bits per heavy atom. The molecule has 114 valence electrons. The predicted octanol–water partition coefficient (Wildman–Crippen LogP) is 3.72. The maximum Gasteiger partial charge on any atom is 0.0743 e. The van der Waals surface area contributed by atoms with E-state index in [0.717, 1.165) is 40.6 Å². The second-order valence-electron chi connectivity index (χ2n) is 5.60. The van der Waals surface area contributed by atoms with Crippen LogP contribution in [0.4, 0.5) is 11.4 Å². The monoisotopic (exact) mass is 350 g/mol. The lowest BCUT2D eigenvalue weighted by atomic mass is 10.1. The smallest absolute Gasteiger partial charge is 0.0743 e. The van der Waals surface area contributed by atoms with Crippen molar-refractivity contribution in [3.63, 3.8) is 0 Å². The van der Waals surface area contributed by atoms with Gasteiger partial charge in [-0.2, -0.15) is 0 Å². The normalized spacial score (nSPS) is 11.5. The zero-order chi connectivity index (χ0) is 15.4. The lowest BCUT2D eigenvalue weighted by Crippen LogP contribution is -2.28. The molecule has 0 saturated heterocycles. The van der Waals surface area contributed by atoms with Gasteiger partial charge in [0, 0.05) is 22.4 Å². The summed E-state index contributed by atoms with van der Waals surface area (Å²) in [6.07, 6.45) is 2.80. The van der Waals surface area contributed by atoms with Crippen molar-refractivity contribution in [1.29, 1.82) is 0 Å². The molecule has 0 spiro atoms. The van der Waals surface area contributed by atoms with Gasteiger partial charge in [0.2, 0.25) is 0 Å². The Morgan fingerprint density at radius 1 is 1.38 bits per heavy atom. The van der Waals surface area contributed by atoms with Crippen LogP contribution < -0.4 is 11.1 Å². The number of aromatic nitrogens is 1. The van der Waals surface area contributed by atoms with E-state index in [0.29, 0.717) is 11.7 Å². The average Bonchev–Trinajstić information content (AvgIpc) is 2.44. The lowest BCUT2D eigenvalue weighted by Gasteiger charge is -2.21. The Balaban J connectivity index is 2.07. The summed E-state index contributed by atoms with van der Waals surface area (Å²) in [5, 5.41) is 4.52. The van der Waals surface area contributed by atoms with E-state index in [1.807, 2.05) is 12.1 Å². The van der Waals surface area contributed by atoms with Crippen LogP contribution in [0.5, 0.6) is 0 Å². The van der Waals surface area contributed by atoms with Gasteiger partial charge in [0.05, 0.1) is 23.1 Å². The molecule has 1 aromatic carbocycles. The SMILES string of the molecule is CC(C)N(C)CCCNc1c(N)cnc2ccc(Br)cc12. The Labute approximate surface area is 134 Å². The fraction of sp³-hybridized carbons (Fsp3) is 0.438. The molecule has 2 aromatic rings. The van der Waals surface area contributed by atoms with Gasteiger partial charge >= 0.3 is 0 Å². The Morgan fingerprint density at radius 3 is 2.86 bits per heavy atom. The van der Waals surface area contributed by atoms with E-state index in [1.54, 1.807) is 6.20 Å². The first-order valence-electron chi connectivity index (χ1n) is 7.27. The molecule has 0 bridgehead atoms. The zero-order valence-corrected chi connectivity index (χ0v) is 14.4. The number of benzene rings is 1. The largest absolute Gasteiger partial charge is 0.396 e. The molecule has 2 rings (SSSR count). The molecule has 1 aromatic heterocycles. The zero-order valence-electron chi connectivity index (χ0n) is 12.9. The van der Waals surface area contributed by atoms with Gasteiger partial charge < -0.3 is 16.0 Å². The molecule has 21 heavy (non-hydrogen) atoms. The highest BCUT2D eigenvalue weighted by atomic mass is 79.9. The molecule has 4 nitrogen and oxygen atoms in total. The van der Waals surface area contributed by atoms with Gasteiger partial charge in [-0.05, 0) is 52.1 Å². The van der Waals surface area contributed by atoms with Crippen LogP contribution in [0.25, 0.3) is 10.9 Å². The number of rotatable bonds is 6. The van der Waals surface area contributed by atoms with Gasteiger partial charge in [-0.1, -0.05) is 15.9 Å². The summed E-state index contributed by atoms with van der Waals surface area (Å²) < 4.78 is 1.03. The first kappa shape index (κ1) is 16.0. The van der Waals surface area contributed by atoms with Gasteiger partial charge in [0.25, 0.3) is 0 Å². The number of anilines is 2. The van der Waals surface area contributed by atoms with Crippen LogP contribution in [0, 0.1) is 0 Å². The second kappa shape index (κ2) is 7.09. The minimum atomic E-state index is 0.577. The highest BCUT2D eigenvalue weighted by Gasteiger charge is 2.07. The maximum absolute atomic E-state index is 6.08. The molecule has 0 radical (unpaired) electrons. The molecule has 3 N–H and O–H groups in total. The summed E-state index contributed by atoms with van der Waals surface area (Å²) >= 11 is 3.50. The summed E-state index contributed by atoms with van der Waals surface area (Å²) in [5.74, 6) is 0. The number of nitrogens with zero attached hydrogens (tertiary/aromatic N) is 2. The minimum absolute atomic E-state index is 0.577. The topological polar surface area (TPSA) is 54.2 Å². The van der Waals surface area contributed by atoms with E-state index in [-0.39, 0.29) is 0 Å². The lowest BCUT2D eigenvalue weighted by molar-refractivity contribution is 0.273. The van der Waals surface area contributed by atoms with Crippen molar-refractivity contribution in [2.45, 2.75) is 26.3 Å². The van der Waals surface area contributed by atoms with E-state index in [9.17, 15) is 0 Å². The van der Waals surface area contributed by atoms with Gasteiger partial charge in [-0.25, -0.2) is 0 Å². The van der Waals surface area contributed by atoms with Crippen molar-refractivity contribution >= 4 is 38.2 Å². The summed E-state index contributed by atoms with van der Waals surface area (Å²) in [6.45, 7) is 6.38. The molecule has 0 saturated carbocycles. The van der Waals surface area contributed by atoms with Crippen molar-refractivity contribution < 1.29 is 0 Å². The number of fused-ring (bicyclic) bond motifs is 1. The predicted molar refractivity (Wildman–Crippen MR) is 94.7 cm³/mol. The summed E-state index contributed by atoms with van der Waals surface area (Å²) in [4.78, 5) is 6.71. The fourth-order valence-electron chi connectivity index (χ4n) is 2.18. The molecule has 5 heteroatoms. The van der Waals surface area contributed by atoms with E-state index in [1.165, 1.54) is 0 Å². The number of halogens is 1. The van der Waals surface area contributed by atoms with Crippen LogP contribution in [-0.2, 0) is 0 Å². The summed E-state index contributed by atoms with van der Waals surface area (Å²) in [6, 6.07) is 6.62. The molecule has 0 unspecified atom stereocenters. The maximum atomic E-state index is 6.08. The van der Waals surface area contributed by atoms with Crippen molar-refractivity contribution in [1.82, 2.24) is 9.88 Å². The Kier molecular flexibility index (Phi) is 5.42. The molecule has 0 aliphatic rings. The van der Waals surface area contributed by atoms with E-state index < -0.39 is 0 Å². The third-order valence-corrected chi connectivity index (χ3v) is 4.22. The summed E-state index contributed by atoms with van der Waals surface area (Å²) in [5.41, 5.74) is 8.70. The highest BCUT2D eigenvalue weighted by Crippen LogP contribution is 2.29. The van der Waals surface area contributed by atoms with Gasteiger partial charge in [-0.3, -0.25) is 4.98 Å². The number of nitrogens with one attached hydrogen (secondary N) is 1. The van der Waals surface area contributed by atoms with Crippen molar-refractivity contribution in [3.05, 3.63) is 28.9 Å². The van der Waals surface area contributed by atoms with Gasteiger partial charge in [-0.15, -0.1) is 0 Å². The standard InChI is InChI=1S/C16H23BrN4/c1-11(2)21(3)8-4-7-19-16-13-9-12(17)5-6-15(13)20-10-14(16)18/h5-6,9-11H,4,7-8,18H2,1-3H3,(H,19,20). The minimum Gasteiger partial charge on any atom is -0.396 e. The Bertz CT molecular complexity index is 607. The third-order valence-electron chi connectivity index (χ3n) is 3.73. The molecule has 0 aliphatic heterocycles. The van der Waals surface area contributed by atoms with Crippen LogP contribution in [0.1, 0.15) is 20.3 Å². The van der Waals surface area contributed by atoms with Crippen LogP contribution in [0.2, 0.25) is 0 Å². The first-order chi connectivity index (χ1) is 9.99. The molecular formula is C16H23BrN4. The van der Waals surface area contributed by atoms with Crippen LogP contribution >= 0.6 is 15.9 Å². The number of hydrogen-bond donors (Lipinski definition) is 2. The van der Waals surface area contributed by atoms with Crippen LogP contribution in [0.3, 0.4) is 0 Å². The van der Waals surface area contributed by atoms with Crippen LogP contribution in [-0.4, -0.2) is 36.1 Å². The Hall–Kier alpha value is -1.33. The highest BCUT2D eigenvalue weighted by molar-refractivity contribution is 9.10. The van der Waals surface area contributed by atoms with Crippen LogP contribution in [0.15, 0.2) is 28.9 Å². The number of pyridine rings is 1. The average molecular weight is 351 g/mol. The number of hydrogen-bond acceptors (Lipinski definition) is 4. The molecule has 0 aliphatic carbocycles. The summed E-state index contributed by atoms with van der Waals surface area (Å²) in [7, 11) is 2.15.